The third-order valence-electron chi connectivity index (χ3n) is 5.27. The quantitative estimate of drug-likeness (QED) is 0.229. The minimum atomic E-state index is -0.502. The third kappa shape index (κ3) is 7.77. The molecule has 0 heterocycles. The van der Waals surface area contributed by atoms with E-state index in [1.807, 2.05) is 43.3 Å². The Labute approximate surface area is 221 Å². The van der Waals surface area contributed by atoms with Gasteiger partial charge in [-0.15, -0.1) is 0 Å². The summed E-state index contributed by atoms with van der Waals surface area (Å²) in [6.07, 6.45) is 3.62. The Balaban J connectivity index is 1.82. The molecule has 3 aromatic carbocycles. The molecule has 0 unspecified atom stereocenters. The van der Waals surface area contributed by atoms with Crippen LogP contribution < -0.4 is 20.3 Å². The van der Waals surface area contributed by atoms with Gasteiger partial charge in [0.1, 0.15) is 11.4 Å². The molecule has 0 atom stereocenters. The van der Waals surface area contributed by atoms with E-state index in [2.05, 4.69) is 17.6 Å². The number of rotatable bonds is 10. The number of benzene rings is 3. The van der Waals surface area contributed by atoms with Gasteiger partial charge in [0.2, 0.25) is 0 Å². The van der Waals surface area contributed by atoms with Crippen molar-refractivity contribution < 1.29 is 14.3 Å². The lowest BCUT2D eigenvalue weighted by molar-refractivity contribution is -0.113. The molecule has 0 saturated heterocycles. The van der Waals surface area contributed by atoms with E-state index in [1.165, 1.54) is 0 Å². The third-order valence-corrected chi connectivity index (χ3v) is 6.01. The molecule has 0 saturated carbocycles. The smallest absolute Gasteiger partial charge is 0.272 e. The number of nitrogens with one attached hydrogen (secondary N) is 2. The zero-order valence-corrected chi connectivity index (χ0v) is 22.0. The van der Waals surface area contributed by atoms with Crippen LogP contribution in [0.1, 0.15) is 35.7 Å². The first-order chi connectivity index (χ1) is 17.3. The van der Waals surface area contributed by atoms with Crippen molar-refractivity contribution in [2.75, 3.05) is 30.9 Å². The average Bonchev–Trinajstić information content (AvgIpc) is 2.86. The second kappa shape index (κ2) is 13.0. The molecule has 3 rings (SSSR count). The van der Waals surface area contributed by atoms with Crippen LogP contribution in [0.2, 0.25) is 10.0 Å². The van der Waals surface area contributed by atoms with Crippen molar-refractivity contribution in [2.24, 2.45) is 0 Å². The van der Waals surface area contributed by atoms with Crippen molar-refractivity contribution in [1.29, 1.82) is 0 Å². The molecule has 0 aliphatic heterocycles. The van der Waals surface area contributed by atoms with Crippen LogP contribution in [0.5, 0.6) is 5.75 Å². The molecule has 0 radical (unpaired) electrons. The number of hydrogen-bond donors (Lipinski definition) is 2. The van der Waals surface area contributed by atoms with Gasteiger partial charge in [-0.1, -0.05) is 48.7 Å². The highest BCUT2D eigenvalue weighted by molar-refractivity contribution is 6.42. The second-order valence-electron chi connectivity index (χ2n) is 8.31. The number of hydrogen-bond acceptors (Lipinski definition) is 4. The maximum Gasteiger partial charge on any atom is 0.272 e. The number of ether oxygens (including phenoxy) is 1. The zero-order chi connectivity index (χ0) is 26.1. The van der Waals surface area contributed by atoms with Gasteiger partial charge >= 0.3 is 0 Å². The summed E-state index contributed by atoms with van der Waals surface area (Å²) in [6.45, 7) is 2.71. The molecule has 188 valence electrons. The van der Waals surface area contributed by atoms with Crippen molar-refractivity contribution in [3.05, 3.63) is 93.6 Å². The Morgan fingerprint density at radius 2 is 1.64 bits per heavy atom. The summed E-state index contributed by atoms with van der Waals surface area (Å²) in [5.74, 6) is -0.234. The van der Waals surface area contributed by atoms with Gasteiger partial charge in [-0.2, -0.15) is 0 Å². The van der Waals surface area contributed by atoms with Crippen molar-refractivity contribution >= 4 is 52.5 Å². The van der Waals surface area contributed by atoms with E-state index in [0.717, 1.165) is 24.1 Å². The fourth-order valence-corrected chi connectivity index (χ4v) is 3.50. The fraction of sp³-hybridized carbons (Fsp3) is 0.214. The molecule has 2 N–H and O–H groups in total. The van der Waals surface area contributed by atoms with Crippen molar-refractivity contribution in [1.82, 2.24) is 5.32 Å². The van der Waals surface area contributed by atoms with Crippen molar-refractivity contribution in [2.45, 2.75) is 19.8 Å². The predicted octanol–water partition coefficient (Wildman–Crippen LogP) is 6.65. The molecule has 0 spiro atoms. The van der Waals surface area contributed by atoms with Crippen LogP contribution in [0.4, 0.5) is 11.4 Å². The van der Waals surface area contributed by atoms with Crippen LogP contribution >= 0.6 is 23.2 Å². The van der Waals surface area contributed by atoms with Gasteiger partial charge in [0.15, 0.2) is 0 Å². The maximum atomic E-state index is 13.2. The number of nitrogens with zero attached hydrogens (tertiary/aromatic N) is 1. The van der Waals surface area contributed by atoms with Crippen LogP contribution in [0, 0.1) is 0 Å². The molecule has 36 heavy (non-hydrogen) atoms. The Morgan fingerprint density at radius 3 is 2.25 bits per heavy atom. The molecule has 3 aromatic rings. The fourth-order valence-electron chi connectivity index (χ4n) is 3.20. The highest BCUT2D eigenvalue weighted by Gasteiger charge is 2.16. The van der Waals surface area contributed by atoms with E-state index in [1.54, 1.807) is 48.5 Å². The SMILES string of the molecule is CCCCOc1ccc(C(=O)NC(=Cc2ccc(N(C)C)cc2)C(=O)Nc2ccc(Cl)c(Cl)c2)cc1. The van der Waals surface area contributed by atoms with E-state index >= 15 is 0 Å². The van der Waals surface area contributed by atoms with Gasteiger partial charge in [-0.3, -0.25) is 9.59 Å². The van der Waals surface area contributed by atoms with Gasteiger partial charge < -0.3 is 20.3 Å². The second-order valence-corrected chi connectivity index (χ2v) is 9.12. The molecular weight excluding hydrogens is 497 g/mol. The topological polar surface area (TPSA) is 70.7 Å². The van der Waals surface area contributed by atoms with Crippen LogP contribution in [0.3, 0.4) is 0 Å². The molecule has 8 heteroatoms. The minimum absolute atomic E-state index is 0.0759. The van der Waals surface area contributed by atoms with Crippen LogP contribution in [0.25, 0.3) is 6.08 Å². The van der Waals surface area contributed by atoms with Gasteiger partial charge in [0, 0.05) is 31.0 Å². The van der Waals surface area contributed by atoms with Crippen LogP contribution in [0.15, 0.2) is 72.4 Å². The van der Waals surface area contributed by atoms with E-state index in [4.69, 9.17) is 27.9 Å². The summed E-state index contributed by atoms with van der Waals surface area (Å²) in [4.78, 5) is 28.1. The Bertz CT molecular complexity index is 1220. The average molecular weight is 526 g/mol. The van der Waals surface area contributed by atoms with Gasteiger partial charge in [0.05, 0.1) is 16.7 Å². The van der Waals surface area contributed by atoms with Crippen molar-refractivity contribution in [3.63, 3.8) is 0 Å². The number of amides is 2. The van der Waals surface area contributed by atoms with Gasteiger partial charge in [-0.05, 0) is 72.7 Å². The van der Waals surface area contributed by atoms with Crippen molar-refractivity contribution in [3.8, 4) is 5.75 Å². The van der Waals surface area contributed by atoms with E-state index in [-0.39, 0.29) is 5.70 Å². The molecule has 0 bridgehead atoms. The normalized spacial score (nSPS) is 11.1. The van der Waals surface area contributed by atoms with Gasteiger partial charge in [0.25, 0.3) is 11.8 Å². The van der Waals surface area contributed by atoms with Crippen LogP contribution in [-0.4, -0.2) is 32.5 Å². The number of unbranched alkanes of at least 4 members (excludes halogenated alkanes) is 1. The van der Waals surface area contributed by atoms with E-state index in [9.17, 15) is 9.59 Å². The molecular formula is C28H29Cl2N3O3. The summed E-state index contributed by atoms with van der Waals surface area (Å²) in [6, 6.07) is 19.2. The zero-order valence-electron chi connectivity index (χ0n) is 20.5. The summed E-state index contributed by atoms with van der Waals surface area (Å²) in [5.41, 5.74) is 2.69. The largest absolute Gasteiger partial charge is 0.494 e. The Hall–Kier alpha value is -3.48. The first kappa shape index (κ1) is 27.1. The molecule has 0 fully saturated rings. The lowest BCUT2D eigenvalue weighted by atomic mass is 10.1. The lowest BCUT2D eigenvalue weighted by Gasteiger charge is -2.14. The number of carbonyl (C=O) groups is 2. The Morgan fingerprint density at radius 1 is 0.944 bits per heavy atom. The summed E-state index contributed by atoms with van der Waals surface area (Å²) in [5, 5.41) is 6.18. The standard InChI is InChI=1S/C28H29Cl2N3O3/c1-4-5-16-36-23-13-8-20(9-14-23)27(34)32-26(17-19-6-11-22(12-7-19)33(2)3)28(35)31-21-10-15-24(29)25(30)18-21/h6-15,17-18H,4-5,16H2,1-3H3,(H,31,35)(H,32,34). The summed E-state index contributed by atoms with van der Waals surface area (Å²) >= 11 is 12.1. The maximum absolute atomic E-state index is 13.2. The molecule has 6 nitrogen and oxygen atoms in total. The lowest BCUT2D eigenvalue weighted by Crippen LogP contribution is -2.30. The first-order valence-corrected chi connectivity index (χ1v) is 12.3. The number of halogens is 2. The molecule has 0 aromatic heterocycles. The first-order valence-electron chi connectivity index (χ1n) is 11.6. The van der Waals surface area contributed by atoms with Crippen LogP contribution in [-0.2, 0) is 4.79 Å². The Kier molecular flexibility index (Phi) is 9.79. The minimum Gasteiger partial charge on any atom is -0.494 e. The highest BCUT2D eigenvalue weighted by Crippen LogP contribution is 2.25. The number of anilines is 2. The molecule has 0 aliphatic rings. The summed E-state index contributed by atoms with van der Waals surface area (Å²) in [7, 11) is 3.89. The highest BCUT2D eigenvalue weighted by atomic mass is 35.5. The molecule has 2 amide bonds. The molecule has 0 aliphatic carbocycles. The van der Waals surface area contributed by atoms with E-state index < -0.39 is 11.8 Å². The monoisotopic (exact) mass is 525 g/mol. The van der Waals surface area contributed by atoms with Gasteiger partial charge in [-0.25, -0.2) is 0 Å². The predicted molar refractivity (Wildman–Crippen MR) is 148 cm³/mol. The van der Waals surface area contributed by atoms with E-state index in [0.29, 0.717) is 33.7 Å². The summed E-state index contributed by atoms with van der Waals surface area (Å²) < 4.78 is 5.66. The number of carbonyl (C=O) groups excluding carboxylic acids is 2.